The molecule has 1 aliphatic rings. The van der Waals surface area contributed by atoms with Crippen LogP contribution in [-0.4, -0.2) is 11.8 Å². The second-order valence-corrected chi connectivity index (χ2v) is 7.30. The van der Waals surface area contributed by atoms with E-state index in [1.54, 1.807) is 12.1 Å². The fraction of sp³-hybridized carbons (Fsp3) is 0.333. The molecule has 3 rings (SSSR count). The zero-order valence-corrected chi connectivity index (χ0v) is 14.5. The van der Waals surface area contributed by atoms with Crippen LogP contribution in [0.25, 0.3) is 6.08 Å². The normalized spacial score (nSPS) is 17.0. The lowest BCUT2D eigenvalue weighted by Gasteiger charge is -2.18. The van der Waals surface area contributed by atoms with Crippen LogP contribution in [0.4, 0.5) is 5.00 Å². The maximum absolute atomic E-state index is 12.2. The summed E-state index contributed by atoms with van der Waals surface area (Å²) in [7, 11) is 0. The highest BCUT2D eigenvalue weighted by Gasteiger charge is 2.26. The third-order valence-electron chi connectivity index (χ3n) is 4.15. The minimum Gasteiger partial charge on any atom is -0.462 e. The predicted octanol–water partition coefficient (Wildman–Crippen LogP) is 3.53. The highest BCUT2D eigenvalue weighted by molar-refractivity contribution is 7.17. The number of amides is 2. The Bertz CT molecular complexity index is 816. The van der Waals surface area contributed by atoms with Gasteiger partial charge in [-0.2, -0.15) is 0 Å². The van der Waals surface area contributed by atoms with Crippen LogP contribution in [-0.2, 0) is 17.6 Å². The van der Waals surface area contributed by atoms with E-state index in [0.29, 0.717) is 22.2 Å². The van der Waals surface area contributed by atoms with Crippen molar-refractivity contribution in [2.45, 2.75) is 33.1 Å². The lowest BCUT2D eigenvalue weighted by molar-refractivity contribution is -0.111. The summed E-state index contributed by atoms with van der Waals surface area (Å²) in [5.41, 5.74) is 7.02. The van der Waals surface area contributed by atoms with E-state index in [2.05, 4.69) is 12.2 Å². The Morgan fingerprint density at radius 2 is 2.21 bits per heavy atom. The first-order valence-electron chi connectivity index (χ1n) is 7.94. The molecule has 2 aromatic rings. The molecular formula is C18H20N2O3S. The highest BCUT2D eigenvalue weighted by Crippen LogP contribution is 2.39. The molecule has 0 aromatic carbocycles. The second-order valence-electron chi connectivity index (χ2n) is 6.19. The lowest BCUT2D eigenvalue weighted by Crippen LogP contribution is -2.18. The zero-order valence-electron chi connectivity index (χ0n) is 13.7. The van der Waals surface area contributed by atoms with Gasteiger partial charge in [-0.25, -0.2) is 0 Å². The number of thiophene rings is 1. The van der Waals surface area contributed by atoms with Crippen LogP contribution >= 0.6 is 11.3 Å². The van der Waals surface area contributed by atoms with Crippen LogP contribution in [0.15, 0.2) is 22.6 Å². The number of rotatable bonds is 4. The zero-order chi connectivity index (χ0) is 17.3. The molecule has 1 atom stereocenters. The Hall–Kier alpha value is -2.34. The number of nitrogens with two attached hydrogens (primary N) is 1. The van der Waals surface area contributed by atoms with E-state index < -0.39 is 5.91 Å². The standard InChI is InChI=1S/C18H20N2O3S/c1-10-3-7-13-14(9-10)24-18(16(13)17(19)22)20-15(21)8-6-12-5-4-11(2)23-12/h4-6,8,10H,3,7,9H2,1-2H3,(H2,19,22)(H,20,21)/b8-6+/t10-/m0/s1. The van der Waals surface area contributed by atoms with Crippen LogP contribution < -0.4 is 11.1 Å². The summed E-state index contributed by atoms with van der Waals surface area (Å²) >= 11 is 1.46. The molecule has 0 fully saturated rings. The van der Waals surface area contributed by atoms with Crippen LogP contribution in [0.5, 0.6) is 0 Å². The van der Waals surface area contributed by atoms with Gasteiger partial charge in [0, 0.05) is 11.0 Å². The van der Waals surface area contributed by atoms with Crippen LogP contribution in [0.2, 0.25) is 0 Å². The molecule has 0 saturated carbocycles. The monoisotopic (exact) mass is 344 g/mol. The summed E-state index contributed by atoms with van der Waals surface area (Å²) in [6.07, 6.45) is 5.79. The molecule has 1 aliphatic carbocycles. The van der Waals surface area contributed by atoms with E-state index in [-0.39, 0.29) is 5.91 Å². The van der Waals surface area contributed by atoms with Gasteiger partial charge in [0.15, 0.2) is 0 Å². The number of anilines is 1. The van der Waals surface area contributed by atoms with Crippen molar-refractivity contribution < 1.29 is 14.0 Å². The summed E-state index contributed by atoms with van der Waals surface area (Å²) < 4.78 is 5.39. The van der Waals surface area contributed by atoms with Gasteiger partial charge in [-0.3, -0.25) is 9.59 Å². The molecule has 3 N–H and O–H groups in total. The topological polar surface area (TPSA) is 85.3 Å². The van der Waals surface area contributed by atoms with Gasteiger partial charge in [-0.15, -0.1) is 11.3 Å². The Kier molecular flexibility index (Phi) is 4.57. The molecule has 0 saturated heterocycles. The average Bonchev–Trinajstić information content (AvgIpc) is 3.07. The van der Waals surface area contributed by atoms with Gasteiger partial charge in [-0.1, -0.05) is 6.92 Å². The Morgan fingerprint density at radius 3 is 2.88 bits per heavy atom. The smallest absolute Gasteiger partial charge is 0.251 e. The van der Waals surface area contributed by atoms with Crippen molar-refractivity contribution in [3.63, 3.8) is 0 Å². The largest absolute Gasteiger partial charge is 0.462 e. The van der Waals surface area contributed by atoms with Gasteiger partial charge < -0.3 is 15.5 Å². The Morgan fingerprint density at radius 1 is 1.42 bits per heavy atom. The molecule has 0 radical (unpaired) electrons. The van der Waals surface area contributed by atoms with E-state index in [4.69, 9.17) is 10.2 Å². The number of primary amides is 1. The summed E-state index contributed by atoms with van der Waals surface area (Å²) in [6, 6.07) is 3.62. The maximum Gasteiger partial charge on any atom is 0.251 e. The van der Waals surface area contributed by atoms with Gasteiger partial charge in [0.25, 0.3) is 5.91 Å². The second kappa shape index (κ2) is 6.65. The minimum absolute atomic E-state index is 0.307. The van der Waals surface area contributed by atoms with Gasteiger partial charge in [-0.05, 0) is 55.9 Å². The van der Waals surface area contributed by atoms with Gasteiger partial charge in [0.2, 0.25) is 5.91 Å². The number of aryl methyl sites for hydroxylation is 1. The summed E-state index contributed by atoms with van der Waals surface area (Å²) in [6.45, 7) is 4.03. The number of hydrogen-bond acceptors (Lipinski definition) is 4. The van der Waals surface area contributed by atoms with E-state index in [1.807, 2.05) is 13.0 Å². The van der Waals surface area contributed by atoms with E-state index >= 15 is 0 Å². The molecule has 2 heterocycles. The molecule has 2 amide bonds. The number of carbonyl (C=O) groups excluding carboxylic acids is 2. The van der Waals surface area contributed by atoms with Gasteiger partial charge >= 0.3 is 0 Å². The Labute approximate surface area is 144 Å². The molecular weight excluding hydrogens is 324 g/mol. The molecule has 5 nitrogen and oxygen atoms in total. The minimum atomic E-state index is -0.483. The molecule has 2 aromatic heterocycles. The van der Waals surface area contributed by atoms with Crippen molar-refractivity contribution >= 4 is 34.2 Å². The predicted molar refractivity (Wildman–Crippen MR) is 95.1 cm³/mol. The summed E-state index contributed by atoms with van der Waals surface area (Å²) in [5.74, 6) is 1.19. The molecule has 126 valence electrons. The van der Waals surface area contributed by atoms with Crippen molar-refractivity contribution in [3.8, 4) is 0 Å². The molecule has 24 heavy (non-hydrogen) atoms. The molecule has 0 spiro atoms. The summed E-state index contributed by atoms with van der Waals surface area (Å²) in [4.78, 5) is 25.2. The third kappa shape index (κ3) is 3.43. The first kappa shape index (κ1) is 16.5. The molecule has 0 bridgehead atoms. The van der Waals surface area contributed by atoms with Crippen LogP contribution in [0, 0.1) is 12.8 Å². The molecule has 0 aliphatic heterocycles. The SMILES string of the molecule is Cc1ccc(/C=C/C(=O)Nc2sc3c(c2C(N)=O)CC[C@H](C)C3)o1. The van der Waals surface area contributed by atoms with Crippen molar-refractivity contribution in [2.75, 3.05) is 5.32 Å². The van der Waals surface area contributed by atoms with Gasteiger partial charge in [0.05, 0.1) is 5.56 Å². The number of hydrogen-bond donors (Lipinski definition) is 2. The fourth-order valence-corrected chi connectivity index (χ4v) is 4.37. The van der Waals surface area contributed by atoms with Crippen molar-refractivity contribution in [1.29, 1.82) is 0 Å². The van der Waals surface area contributed by atoms with Crippen LogP contribution in [0.1, 0.15) is 45.7 Å². The first-order chi connectivity index (χ1) is 11.4. The number of carbonyl (C=O) groups is 2. The van der Waals surface area contributed by atoms with E-state index in [0.717, 1.165) is 35.5 Å². The van der Waals surface area contributed by atoms with Gasteiger partial charge in [0.1, 0.15) is 16.5 Å². The van der Waals surface area contributed by atoms with Crippen molar-refractivity contribution in [1.82, 2.24) is 0 Å². The van der Waals surface area contributed by atoms with E-state index in [1.165, 1.54) is 17.4 Å². The first-order valence-corrected chi connectivity index (χ1v) is 8.75. The number of furan rings is 1. The third-order valence-corrected chi connectivity index (χ3v) is 5.32. The maximum atomic E-state index is 12.2. The molecule has 0 unspecified atom stereocenters. The summed E-state index contributed by atoms with van der Waals surface area (Å²) in [5, 5.41) is 3.34. The quantitative estimate of drug-likeness (QED) is 0.832. The fourth-order valence-electron chi connectivity index (χ4n) is 2.95. The molecule has 6 heteroatoms. The van der Waals surface area contributed by atoms with E-state index in [9.17, 15) is 9.59 Å². The lowest BCUT2D eigenvalue weighted by atomic mass is 9.88. The Balaban J connectivity index is 1.80. The number of nitrogens with one attached hydrogen (secondary N) is 1. The van der Waals surface area contributed by atoms with Crippen LogP contribution in [0.3, 0.4) is 0 Å². The highest BCUT2D eigenvalue weighted by atomic mass is 32.1. The van der Waals surface area contributed by atoms with Crippen molar-refractivity contribution in [3.05, 3.63) is 45.7 Å². The average molecular weight is 344 g/mol. The van der Waals surface area contributed by atoms with Crippen molar-refractivity contribution in [2.24, 2.45) is 11.7 Å². The number of fused-ring (bicyclic) bond motifs is 1.